The van der Waals surface area contributed by atoms with Crippen LogP contribution < -0.4 is 10.1 Å². The van der Waals surface area contributed by atoms with E-state index in [1.165, 1.54) is 11.3 Å². The summed E-state index contributed by atoms with van der Waals surface area (Å²) in [4.78, 5) is 25.3. The molecule has 9 heteroatoms. The van der Waals surface area contributed by atoms with E-state index in [0.717, 1.165) is 36.6 Å². The normalized spacial score (nSPS) is 14.5. The van der Waals surface area contributed by atoms with Gasteiger partial charge in [0.25, 0.3) is 0 Å². The molecule has 1 N–H and O–H groups in total. The lowest BCUT2D eigenvalue weighted by Crippen LogP contribution is -2.50. The predicted molar refractivity (Wildman–Crippen MR) is 119 cm³/mol. The molecule has 1 aliphatic heterocycles. The molecule has 30 heavy (non-hydrogen) atoms. The lowest BCUT2D eigenvalue weighted by atomic mass is 10.2. The molecule has 2 amide bonds. The van der Waals surface area contributed by atoms with Crippen molar-refractivity contribution in [3.63, 3.8) is 0 Å². The fourth-order valence-corrected chi connectivity index (χ4v) is 3.98. The molecule has 1 saturated heterocycles. The Morgan fingerprint density at radius 3 is 2.70 bits per heavy atom. The van der Waals surface area contributed by atoms with Gasteiger partial charge < -0.3 is 9.64 Å². The van der Waals surface area contributed by atoms with Crippen molar-refractivity contribution in [3.8, 4) is 17.0 Å². The summed E-state index contributed by atoms with van der Waals surface area (Å²) in [6.07, 6.45) is 3.48. The molecule has 0 atom stereocenters. The van der Waals surface area contributed by atoms with E-state index in [1.54, 1.807) is 12.4 Å². The zero-order chi connectivity index (χ0) is 20.8. The molecule has 0 saturated carbocycles. The number of nitrogens with zero attached hydrogens (tertiary/aromatic N) is 4. The number of thiazole rings is 1. The van der Waals surface area contributed by atoms with Crippen LogP contribution in [-0.2, 0) is 0 Å². The number of urea groups is 1. The molecule has 0 unspecified atom stereocenters. The molecule has 4 rings (SSSR count). The topological polar surface area (TPSA) is 70.6 Å². The number of benzene rings is 1. The van der Waals surface area contributed by atoms with Crippen LogP contribution in [-0.4, -0.2) is 65.1 Å². The minimum atomic E-state index is -0.112. The molecular weight excluding hydrogens is 422 g/mol. The van der Waals surface area contributed by atoms with Gasteiger partial charge in [0.05, 0.1) is 5.69 Å². The first-order valence-corrected chi connectivity index (χ1v) is 11.0. The van der Waals surface area contributed by atoms with E-state index in [1.807, 2.05) is 46.7 Å². The van der Waals surface area contributed by atoms with E-state index in [0.29, 0.717) is 29.9 Å². The number of anilines is 1. The van der Waals surface area contributed by atoms with Gasteiger partial charge in [-0.1, -0.05) is 11.6 Å². The van der Waals surface area contributed by atoms with E-state index in [4.69, 9.17) is 16.3 Å². The van der Waals surface area contributed by atoms with Crippen LogP contribution >= 0.6 is 22.9 Å². The fraction of sp³-hybridized carbons (Fsp3) is 0.286. The number of nitrogens with one attached hydrogen (secondary N) is 1. The molecule has 0 radical (unpaired) electrons. The van der Waals surface area contributed by atoms with Gasteiger partial charge in [0, 0.05) is 61.1 Å². The lowest BCUT2D eigenvalue weighted by molar-refractivity contribution is 0.132. The van der Waals surface area contributed by atoms with E-state index in [9.17, 15) is 4.79 Å². The molecule has 0 spiro atoms. The molecule has 3 heterocycles. The molecule has 156 valence electrons. The molecule has 0 aliphatic carbocycles. The Morgan fingerprint density at radius 2 is 1.97 bits per heavy atom. The summed E-state index contributed by atoms with van der Waals surface area (Å²) >= 11 is 7.29. The number of amides is 2. The third-order valence-electron chi connectivity index (χ3n) is 4.82. The molecule has 0 bridgehead atoms. The zero-order valence-corrected chi connectivity index (χ0v) is 17.9. The summed E-state index contributed by atoms with van der Waals surface area (Å²) in [7, 11) is 0. The van der Waals surface area contributed by atoms with E-state index >= 15 is 0 Å². The molecule has 1 aromatic carbocycles. The van der Waals surface area contributed by atoms with Crippen LogP contribution in [0.1, 0.15) is 0 Å². The van der Waals surface area contributed by atoms with Gasteiger partial charge in [0.15, 0.2) is 5.13 Å². The first-order valence-electron chi connectivity index (χ1n) is 9.70. The van der Waals surface area contributed by atoms with Crippen molar-refractivity contribution in [1.29, 1.82) is 0 Å². The van der Waals surface area contributed by atoms with Crippen molar-refractivity contribution in [2.24, 2.45) is 0 Å². The van der Waals surface area contributed by atoms with Gasteiger partial charge in [-0.2, -0.15) is 0 Å². The number of piperazine rings is 1. The molecule has 3 aromatic rings. The molecular formula is C21H22ClN5O2S. The highest BCUT2D eigenvalue weighted by Gasteiger charge is 2.21. The van der Waals surface area contributed by atoms with Crippen molar-refractivity contribution < 1.29 is 9.53 Å². The highest BCUT2D eigenvalue weighted by atomic mass is 35.5. The minimum absolute atomic E-state index is 0.112. The number of hydrogen-bond donors (Lipinski definition) is 1. The lowest BCUT2D eigenvalue weighted by Gasteiger charge is -2.34. The summed E-state index contributed by atoms with van der Waals surface area (Å²) in [6, 6.07) is 11.1. The van der Waals surface area contributed by atoms with Crippen molar-refractivity contribution in [3.05, 3.63) is 59.2 Å². The van der Waals surface area contributed by atoms with Crippen LogP contribution in [0.5, 0.6) is 5.75 Å². The van der Waals surface area contributed by atoms with Gasteiger partial charge in [-0.3, -0.25) is 15.2 Å². The van der Waals surface area contributed by atoms with E-state index in [2.05, 4.69) is 20.2 Å². The van der Waals surface area contributed by atoms with Gasteiger partial charge >= 0.3 is 6.03 Å². The maximum absolute atomic E-state index is 12.6. The second-order valence-electron chi connectivity index (χ2n) is 6.84. The largest absolute Gasteiger partial charge is 0.492 e. The fourth-order valence-electron chi connectivity index (χ4n) is 3.15. The molecule has 7 nitrogen and oxygen atoms in total. The number of carbonyl (C=O) groups is 1. The summed E-state index contributed by atoms with van der Waals surface area (Å²) < 4.78 is 5.75. The third kappa shape index (κ3) is 5.47. The summed E-state index contributed by atoms with van der Waals surface area (Å²) in [5, 5.41) is 6.12. The summed E-state index contributed by atoms with van der Waals surface area (Å²) in [5.74, 6) is 0.812. The van der Waals surface area contributed by atoms with Gasteiger partial charge in [-0.25, -0.2) is 9.78 Å². The van der Waals surface area contributed by atoms with Crippen LogP contribution in [0.4, 0.5) is 9.93 Å². The van der Waals surface area contributed by atoms with Crippen LogP contribution in [0.2, 0.25) is 5.02 Å². The average molecular weight is 444 g/mol. The Morgan fingerprint density at radius 1 is 1.17 bits per heavy atom. The number of ether oxygens (including phenoxy) is 1. The first-order chi connectivity index (χ1) is 14.7. The minimum Gasteiger partial charge on any atom is -0.492 e. The Hall–Kier alpha value is -2.68. The highest BCUT2D eigenvalue weighted by molar-refractivity contribution is 7.14. The van der Waals surface area contributed by atoms with Gasteiger partial charge in [-0.15, -0.1) is 11.3 Å². The van der Waals surface area contributed by atoms with Crippen molar-refractivity contribution in [1.82, 2.24) is 19.8 Å². The predicted octanol–water partition coefficient (Wildman–Crippen LogP) is 4.09. The van der Waals surface area contributed by atoms with E-state index in [-0.39, 0.29) is 6.03 Å². The number of carbonyl (C=O) groups excluding carboxylic acids is 1. The Kier molecular flexibility index (Phi) is 6.78. The number of halogens is 1. The summed E-state index contributed by atoms with van der Waals surface area (Å²) in [5.41, 5.74) is 1.75. The number of pyridine rings is 1. The zero-order valence-electron chi connectivity index (χ0n) is 16.3. The maximum atomic E-state index is 12.6. The second-order valence-corrected chi connectivity index (χ2v) is 8.14. The van der Waals surface area contributed by atoms with Crippen LogP contribution in [0.15, 0.2) is 54.2 Å². The number of aromatic nitrogens is 2. The van der Waals surface area contributed by atoms with Gasteiger partial charge in [0.2, 0.25) is 0 Å². The Labute approximate surface area is 184 Å². The number of hydrogen-bond acceptors (Lipinski definition) is 6. The SMILES string of the molecule is O=C(Nc1nc(-c2cccnc2)cs1)N1CCN(CCOc2ccc(Cl)cc2)CC1. The first kappa shape index (κ1) is 20.6. The standard InChI is InChI=1S/C21H22ClN5O2S/c22-17-3-5-18(6-4-17)29-13-12-26-8-10-27(11-9-26)21(28)25-20-24-19(15-30-20)16-2-1-7-23-14-16/h1-7,14-15H,8-13H2,(H,24,25,28). The van der Waals surface area contributed by atoms with E-state index < -0.39 is 0 Å². The van der Waals surface area contributed by atoms with Gasteiger partial charge in [-0.05, 0) is 36.4 Å². The monoisotopic (exact) mass is 443 g/mol. The Bertz CT molecular complexity index is 959. The maximum Gasteiger partial charge on any atom is 0.323 e. The van der Waals surface area contributed by atoms with Crippen LogP contribution in [0.3, 0.4) is 0 Å². The Balaban J connectivity index is 1.20. The highest BCUT2D eigenvalue weighted by Crippen LogP contribution is 2.24. The molecule has 1 fully saturated rings. The van der Waals surface area contributed by atoms with Crippen LogP contribution in [0.25, 0.3) is 11.3 Å². The number of rotatable bonds is 6. The molecule has 1 aliphatic rings. The third-order valence-corrected chi connectivity index (χ3v) is 5.83. The second kappa shape index (κ2) is 9.88. The van der Waals surface area contributed by atoms with Crippen molar-refractivity contribution in [2.45, 2.75) is 0 Å². The van der Waals surface area contributed by atoms with Crippen molar-refractivity contribution in [2.75, 3.05) is 44.6 Å². The van der Waals surface area contributed by atoms with Crippen LogP contribution in [0, 0.1) is 0 Å². The smallest absolute Gasteiger partial charge is 0.323 e. The van der Waals surface area contributed by atoms with Crippen molar-refractivity contribution >= 4 is 34.1 Å². The van der Waals surface area contributed by atoms with Gasteiger partial charge in [0.1, 0.15) is 12.4 Å². The summed E-state index contributed by atoms with van der Waals surface area (Å²) in [6.45, 7) is 4.40. The average Bonchev–Trinajstić information content (AvgIpc) is 3.25. The quantitative estimate of drug-likeness (QED) is 0.621. The molecule has 2 aromatic heterocycles.